The van der Waals surface area contributed by atoms with Crippen LogP contribution in [0, 0.1) is 0 Å². The van der Waals surface area contributed by atoms with Gasteiger partial charge in [-0.1, -0.05) is 0 Å². The van der Waals surface area contributed by atoms with Gasteiger partial charge in [0.1, 0.15) is 5.70 Å². The van der Waals surface area contributed by atoms with Gasteiger partial charge in [-0.2, -0.15) is 0 Å². The summed E-state index contributed by atoms with van der Waals surface area (Å²) in [5.41, 5.74) is 11.2. The van der Waals surface area contributed by atoms with Crippen LogP contribution in [0.5, 0.6) is 0 Å². The number of methoxy groups -OCH3 is 1. The van der Waals surface area contributed by atoms with Gasteiger partial charge in [0.15, 0.2) is 0 Å². The molecule has 64 valence electrons. The molecule has 0 aliphatic heterocycles. The van der Waals surface area contributed by atoms with Gasteiger partial charge in [0.2, 0.25) is 5.88 Å². The number of hydrogen-bond acceptors (Lipinski definition) is 4. The Morgan fingerprint density at radius 2 is 2.00 bits per heavy atom. The molecule has 0 atom stereocenters. The van der Waals surface area contributed by atoms with Gasteiger partial charge in [0.25, 0.3) is 0 Å². The van der Waals surface area contributed by atoms with Gasteiger partial charge >= 0.3 is 0 Å². The Kier molecular flexibility index (Phi) is 4.10. The van der Waals surface area contributed by atoms with Gasteiger partial charge in [-0.05, 0) is 13.8 Å². The third-order valence-corrected chi connectivity index (χ3v) is 1.02. The molecule has 0 saturated heterocycles. The second-order valence-corrected chi connectivity index (χ2v) is 2.40. The lowest BCUT2D eigenvalue weighted by Crippen LogP contribution is -2.12. The first-order valence-corrected chi connectivity index (χ1v) is 3.40. The van der Waals surface area contributed by atoms with Crippen LogP contribution < -0.4 is 11.5 Å². The van der Waals surface area contributed by atoms with E-state index in [1.54, 1.807) is 0 Å². The molecular formula is C7H15N3O. The van der Waals surface area contributed by atoms with Crippen LogP contribution in [-0.2, 0) is 4.74 Å². The minimum absolute atomic E-state index is 0.203. The summed E-state index contributed by atoms with van der Waals surface area (Å²) in [5, 5.41) is 0. The van der Waals surface area contributed by atoms with E-state index < -0.39 is 0 Å². The van der Waals surface area contributed by atoms with E-state index in [1.165, 1.54) is 13.3 Å². The van der Waals surface area contributed by atoms with E-state index in [1.807, 2.05) is 13.8 Å². The van der Waals surface area contributed by atoms with E-state index in [4.69, 9.17) is 11.5 Å². The van der Waals surface area contributed by atoms with Crippen molar-refractivity contribution in [3.8, 4) is 0 Å². The highest BCUT2D eigenvalue weighted by atomic mass is 16.5. The summed E-state index contributed by atoms with van der Waals surface area (Å²) in [6, 6.07) is 0.221. The number of nitrogens with zero attached hydrogens (tertiary/aromatic N) is 1. The van der Waals surface area contributed by atoms with Gasteiger partial charge < -0.3 is 16.2 Å². The number of hydrogen-bond donors (Lipinski definition) is 2. The number of aliphatic imine (C=N–C) groups is 1. The van der Waals surface area contributed by atoms with Crippen LogP contribution in [0.4, 0.5) is 0 Å². The molecular weight excluding hydrogens is 142 g/mol. The number of rotatable bonds is 3. The molecule has 0 amide bonds. The highest BCUT2D eigenvalue weighted by molar-refractivity contribution is 5.77. The Morgan fingerprint density at radius 3 is 2.36 bits per heavy atom. The SMILES string of the molecule is COC(N)=C(N)C=NC(C)C. The van der Waals surface area contributed by atoms with Crippen molar-refractivity contribution < 1.29 is 4.74 Å². The van der Waals surface area contributed by atoms with Gasteiger partial charge in [-0.3, -0.25) is 4.99 Å². The Bertz CT molecular complexity index is 173. The van der Waals surface area contributed by atoms with Crippen LogP contribution in [0.15, 0.2) is 16.6 Å². The summed E-state index contributed by atoms with van der Waals surface area (Å²) < 4.78 is 4.69. The molecule has 0 aliphatic rings. The van der Waals surface area contributed by atoms with E-state index in [2.05, 4.69) is 9.73 Å². The zero-order chi connectivity index (χ0) is 8.85. The van der Waals surface area contributed by atoms with Crippen molar-refractivity contribution in [2.75, 3.05) is 7.11 Å². The lowest BCUT2D eigenvalue weighted by molar-refractivity contribution is 0.284. The molecule has 0 spiro atoms. The van der Waals surface area contributed by atoms with Crippen LogP contribution >= 0.6 is 0 Å². The van der Waals surface area contributed by atoms with Crippen molar-refractivity contribution in [2.45, 2.75) is 19.9 Å². The molecule has 0 fully saturated rings. The third kappa shape index (κ3) is 4.25. The maximum atomic E-state index is 5.46. The zero-order valence-corrected chi connectivity index (χ0v) is 7.16. The molecule has 0 radical (unpaired) electrons. The molecule has 0 rings (SSSR count). The molecule has 4 N–H and O–H groups in total. The maximum Gasteiger partial charge on any atom is 0.209 e. The van der Waals surface area contributed by atoms with Crippen LogP contribution in [0.25, 0.3) is 0 Å². The monoisotopic (exact) mass is 157 g/mol. The Balaban J connectivity index is 4.15. The molecule has 4 nitrogen and oxygen atoms in total. The normalized spacial score (nSPS) is 13.8. The quantitative estimate of drug-likeness (QED) is 0.454. The smallest absolute Gasteiger partial charge is 0.209 e. The summed E-state index contributed by atoms with van der Waals surface area (Å²) in [6.07, 6.45) is 1.50. The average Bonchev–Trinajstić information content (AvgIpc) is 1.98. The topological polar surface area (TPSA) is 73.6 Å². The molecule has 0 aromatic heterocycles. The van der Waals surface area contributed by atoms with E-state index >= 15 is 0 Å². The number of nitrogens with two attached hydrogens (primary N) is 2. The first kappa shape index (κ1) is 9.81. The molecule has 0 unspecified atom stereocenters. The lowest BCUT2D eigenvalue weighted by Gasteiger charge is -2.00. The fourth-order valence-corrected chi connectivity index (χ4v) is 0.411. The molecule has 0 bridgehead atoms. The van der Waals surface area contributed by atoms with Gasteiger partial charge in [-0.25, -0.2) is 0 Å². The third-order valence-electron chi connectivity index (χ3n) is 1.02. The Hall–Kier alpha value is -1.19. The first-order chi connectivity index (χ1) is 5.07. The van der Waals surface area contributed by atoms with Gasteiger partial charge in [0, 0.05) is 12.3 Å². The van der Waals surface area contributed by atoms with Crippen molar-refractivity contribution in [1.82, 2.24) is 0 Å². The maximum absolute atomic E-state index is 5.46. The van der Waals surface area contributed by atoms with E-state index in [9.17, 15) is 0 Å². The molecule has 0 aromatic carbocycles. The first-order valence-electron chi connectivity index (χ1n) is 3.40. The summed E-state index contributed by atoms with van der Waals surface area (Å²) in [5.74, 6) is 0.203. The summed E-state index contributed by atoms with van der Waals surface area (Å²) in [4.78, 5) is 4.03. The van der Waals surface area contributed by atoms with Crippen LogP contribution in [-0.4, -0.2) is 19.4 Å². The average molecular weight is 157 g/mol. The second kappa shape index (κ2) is 4.60. The summed E-state index contributed by atoms with van der Waals surface area (Å²) in [6.45, 7) is 3.90. The molecule has 0 heterocycles. The van der Waals surface area contributed by atoms with E-state index in [0.29, 0.717) is 5.70 Å². The highest BCUT2D eigenvalue weighted by Crippen LogP contribution is 1.90. The molecule has 0 aromatic rings. The minimum Gasteiger partial charge on any atom is -0.481 e. The van der Waals surface area contributed by atoms with Crippen LogP contribution in [0.2, 0.25) is 0 Å². The van der Waals surface area contributed by atoms with E-state index in [-0.39, 0.29) is 11.9 Å². The molecule has 0 aliphatic carbocycles. The van der Waals surface area contributed by atoms with Crippen LogP contribution in [0.3, 0.4) is 0 Å². The Morgan fingerprint density at radius 1 is 1.45 bits per heavy atom. The van der Waals surface area contributed by atoms with E-state index in [0.717, 1.165) is 0 Å². The standard InChI is InChI=1S/C7H15N3O/c1-5(2)10-4-6(8)7(9)11-3/h4-5H,8-9H2,1-3H3. The second-order valence-electron chi connectivity index (χ2n) is 2.40. The highest BCUT2D eigenvalue weighted by Gasteiger charge is 1.93. The van der Waals surface area contributed by atoms with Gasteiger partial charge in [0.05, 0.1) is 7.11 Å². The fraction of sp³-hybridized carbons (Fsp3) is 0.571. The molecule has 4 heteroatoms. The zero-order valence-electron chi connectivity index (χ0n) is 7.16. The van der Waals surface area contributed by atoms with Crippen molar-refractivity contribution >= 4 is 6.21 Å². The predicted octanol–water partition coefficient (Wildman–Crippen LogP) is 0.199. The molecule has 0 saturated carbocycles. The van der Waals surface area contributed by atoms with Crippen molar-refractivity contribution in [2.24, 2.45) is 16.5 Å². The van der Waals surface area contributed by atoms with Crippen molar-refractivity contribution in [3.63, 3.8) is 0 Å². The minimum atomic E-state index is 0.203. The van der Waals surface area contributed by atoms with Crippen molar-refractivity contribution in [1.29, 1.82) is 0 Å². The van der Waals surface area contributed by atoms with Gasteiger partial charge in [-0.15, -0.1) is 0 Å². The fourth-order valence-electron chi connectivity index (χ4n) is 0.411. The van der Waals surface area contributed by atoms with Crippen molar-refractivity contribution in [3.05, 3.63) is 11.6 Å². The summed E-state index contributed by atoms with van der Waals surface area (Å²) in [7, 11) is 1.46. The molecule has 11 heavy (non-hydrogen) atoms. The Labute approximate surface area is 66.9 Å². The number of allylic oxidation sites excluding steroid dienone is 1. The predicted molar refractivity (Wildman–Crippen MR) is 46.0 cm³/mol. The summed E-state index contributed by atoms with van der Waals surface area (Å²) >= 11 is 0. The largest absolute Gasteiger partial charge is 0.481 e. The number of ether oxygens (including phenoxy) is 1. The van der Waals surface area contributed by atoms with Crippen LogP contribution in [0.1, 0.15) is 13.8 Å². The lowest BCUT2D eigenvalue weighted by atomic mass is 10.4.